The van der Waals surface area contributed by atoms with E-state index in [9.17, 15) is 13.6 Å². The molecule has 0 spiro atoms. The van der Waals surface area contributed by atoms with E-state index >= 15 is 0 Å². The van der Waals surface area contributed by atoms with Crippen molar-refractivity contribution in [1.82, 2.24) is 0 Å². The van der Waals surface area contributed by atoms with Gasteiger partial charge in [0.15, 0.2) is 17.4 Å². The molecule has 0 unspecified atom stereocenters. The van der Waals surface area contributed by atoms with Crippen LogP contribution >= 0.6 is 0 Å². The molecule has 1 aliphatic carbocycles. The smallest absolute Gasteiger partial charge is 0.166 e. The number of fused-ring (bicyclic) bond motifs is 1. The van der Waals surface area contributed by atoms with Crippen LogP contribution in [0.1, 0.15) is 22.3 Å². The SMILES string of the molecule is O=C1CCc2cc(-c3cccc(F)c3F)ccc21. The first-order chi connectivity index (χ1) is 8.66. The molecule has 0 heterocycles. The molecule has 0 atom stereocenters. The maximum absolute atomic E-state index is 13.7. The molecule has 0 saturated carbocycles. The lowest BCUT2D eigenvalue weighted by atomic mass is 10.00. The molecule has 0 aromatic heterocycles. The summed E-state index contributed by atoms with van der Waals surface area (Å²) >= 11 is 0. The number of Topliss-reactive ketones (excluding diaryl/α,β-unsaturated/α-hetero) is 1. The highest BCUT2D eigenvalue weighted by molar-refractivity contribution is 6.00. The Labute approximate surface area is 103 Å². The lowest BCUT2D eigenvalue weighted by Gasteiger charge is -2.06. The van der Waals surface area contributed by atoms with Crippen molar-refractivity contribution < 1.29 is 13.6 Å². The summed E-state index contributed by atoms with van der Waals surface area (Å²) in [6, 6.07) is 9.25. The Bertz CT molecular complexity index is 647. The number of rotatable bonds is 1. The van der Waals surface area contributed by atoms with Gasteiger partial charge in [-0.25, -0.2) is 8.78 Å². The fraction of sp³-hybridized carbons (Fsp3) is 0.133. The molecule has 90 valence electrons. The molecule has 2 aromatic carbocycles. The van der Waals surface area contributed by atoms with E-state index in [2.05, 4.69) is 0 Å². The number of benzene rings is 2. The number of aryl methyl sites for hydroxylation is 1. The van der Waals surface area contributed by atoms with E-state index in [1.165, 1.54) is 12.1 Å². The minimum atomic E-state index is -0.857. The van der Waals surface area contributed by atoms with Crippen molar-refractivity contribution in [1.29, 1.82) is 0 Å². The van der Waals surface area contributed by atoms with E-state index in [0.717, 1.165) is 11.6 Å². The molecule has 18 heavy (non-hydrogen) atoms. The monoisotopic (exact) mass is 244 g/mol. The Kier molecular flexibility index (Phi) is 2.47. The Morgan fingerprint density at radius 3 is 2.61 bits per heavy atom. The third kappa shape index (κ3) is 1.63. The highest BCUT2D eigenvalue weighted by Gasteiger charge is 2.20. The fourth-order valence-corrected chi connectivity index (χ4v) is 2.35. The van der Waals surface area contributed by atoms with Crippen molar-refractivity contribution in [3.63, 3.8) is 0 Å². The van der Waals surface area contributed by atoms with Gasteiger partial charge in [0.05, 0.1) is 0 Å². The van der Waals surface area contributed by atoms with Gasteiger partial charge < -0.3 is 0 Å². The zero-order chi connectivity index (χ0) is 12.7. The summed E-state index contributed by atoms with van der Waals surface area (Å²) in [5, 5.41) is 0. The third-order valence-electron chi connectivity index (χ3n) is 3.29. The minimum Gasteiger partial charge on any atom is -0.294 e. The summed E-state index contributed by atoms with van der Waals surface area (Å²) in [6.45, 7) is 0. The highest BCUT2D eigenvalue weighted by atomic mass is 19.2. The van der Waals surface area contributed by atoms with Crippen LogP contribution in [0.4, 0.5) is 8.78 Å². The Morgan fingerprint density at radius 1 is 0.944 bits per heavy atom. The van der Waals surface area contributed by atoms with Crippen LogP contribution in [0.2, 0.25) is 0 Å². The first-order valence-corrected chi connectivity index (χ1v) is 5.77. The molecule has 0 saturated heterocycles. The van der Waals surface area contributed by atoms with Gasteiger partial charge >= 0.3 is 0 Å². The van der Waals surface area contributed by atoms with Gasteiger partial charge in [0.1, 0.15) is 0 Å². The van der Waals surface area contributed by atoms with Gasteiger partial charge in [-0.2, -0.15) is 0 Å². The van der Waals surface area contributed by atoms with Crippen LogP contribution in [0.3, 0.4) is 0 Å². The first kappa shape index (κ1) is 11.1. The number of carbonyl (C=O) groups excluding carboxylic acids is 1. The second-order valence-corrected chi connectivity index (χ2v) is 4.40. The van der Waals surface area contributed by atoms with Crippen molar-refractivity contribution in [2.24, 2.45) is 0 Å². The van der Waals surface area contributed by atoms with Gasteiger partial charge in [-0.3, -0.25) is 4.79 Å². The van der Waals surface area contributed by atoms with Gasteiger partial charge in [0, 0.05) is 17.5 Å². The highest BCUT2D eigenvalue weighted by Crippen LogP contribution is 2.30. The van der Waals surface area contributed by atoms with E-state index in [0.29, 0.717) is 24.0 Å². The average molecular weight is 244 g/mol. The van der Waals surface area contributed by atoms with E-state index in [4.69, 9.17) is 0 Å². The molecule has 3 rings (SSSR count). The summed E-state index contributed by atoms with van der Waals surface area (Å²) < 4.78 is 26.8. The lowest BCUT2D eigenvalue weighted by molar-refractivity contribution is 0.0994. The Balaban J connectivity index is 2.14. The molecule has 0 bridgehead atoms. The maximum Gasteiger partial charge on any atom is 0.166 e. The Morgan fingerprint density at radius 2 is 1.78 bits per heavy atom. The van der Waals surface area contributed by atoms with Crippen molar-refractivity contribution in [2.75, 3.05) is 0 Å². The molecule has 2 aromatic rings. The molecular formula is C15H10F2O. The van der Waals surface area contributed by atoms with Gasteiger partial charge in [0.2, 0.25) is 0 Å². The van der Waals surface area contributed by atoms with Crippen LogP contribution in [0.5, 0.6) is 0 Å². The van der Waals surface area contributed by atoms with E-state index in [1.54, 1.807) is 18.2 Å². The number of ketones is 1. The largest absolute Gasteiger partial charge is 0.294 e. The molecule has 0 aliphatic heterocycles. The van der Waals surface area contributed by atoms with Crippen molar-refractivity contribution in [3.8, 4) is 11.1 Å². The normalized spacial score (nSPS) is 13.8. The number of hydrogen-bond acceptors (Lipinski definition) is 1. The van der Waals surface area contributed by atoms with Crippen molar-refractivity contribution in [3.05, 3.63) is 59.2 Å². The molecule has 3 heteroatoms. The predicted octanol–water partition coefficient (Wildman–Crippen LogP) is 3.76. The molecule has 0 N–H and O–H groups in total. The molecule has 0 amide bonds. The second kappa shape index (κ2) is 4.02. The molecule has 0 fully saturated rings. The van der Waals surface area contributed by atoms with Crippen LogP contribution < -0.4 is 0 Å². The summed E-state index contributed by atoms with van der Waals surface area (Å²) in [4.78, 5) is 11.5. The predicted molar refractivity (Wildman–Crippen MR) is 64.4 cm³/mol. The van der Waals surface area contributed by atoms with Crippen LogP contribution in [0.25, 0.3) is 11.1 Å². The Hall–Kier alpha value is -2.03. The third-order valence-corrected chi connectivity index (χ3v) is 3.29. The van der Waals surface area contributed by atoms with Crippen molar-refractivity contribution in [2.45, 2.75) is 12.8 Å². The molecule has 1 nitrogen and oxygen atoms in total. The van der Waals surface area contributed by atoms with E-state index in [-0.39, 0.29) is 11.3 Å². The van der Waals surface area contributed by atoms with Crippen LogP contribution in [-0.4, -0.2) is 5.78 Å². The zero-order valence-electron chi connectivity index (χ0n) is 9.54. The van der Waals surface area contributed by atoms with Gasteiger partial charge in [-0.1, -0.05) is 30.3 Å². The van der Waals surface area contributed by atoms with Crippen LogP contribution in [0, 0.1) is 11.6 Å². The number of carbonyl (C=O) groups is 1. The quantitative estimate of drug-likeness (QED) is 0.746. The van der Waals surface area contributed by atoms with Crippen LogP contribution in [-0.2, 0) is 6.42 Å². The summed E-state index contributed by atoms with van der Waals surface area (Å²) in [6.07, 6.45) is 1.18. The van der Waals surface area contributed by atoms with Gasteiger partial charge in [0.25, 0.3) is 0 Å². The van der Waals surface area contributed by atoms with E-state index < -0.39 is 11.6 Å². The maximum atomic E-state index is 13.7. The number of hydrogen-bond donors (Lipinski definition) is 0. The second-order valence-electron chi connectivity index (χ2n) is 4.40. The summed E-state index contributed by atoms with van der Waals surface area (Å²) in [7, 11) is 0. The van der Waals surface area contributed by atoms with Gasteiger partial charge in [-0.15, -0.1) is 0 Å². The summed E-state index contributed by atoms with van der Waals surface area (Å²) in [5.74, 6) is -1.58. The first-order valence-electron chi connectivity index (χ1n) is 5.77. The molecule has 1 aliphatic rings. The van der Waals surface area contributed by atoms with Crippen LogP contribution in [0.15, 0.2) is 36.4 Å². The lowest BCUT2D eigenvalue weighted by Crippen LogP contribution is -1.93. The fourth-order valence-electron chi connectivity index (χ4n) is 2.35. The average Bonchev–Trinajstić information content (AvgIpc) is 2.74. The van der Waals surface area contributed by atoms with E-state index in [1.807, 2.05) is 0 Å². The molecule has 0 radical (unpaired) electrons. The van der Waals surface area contributed by atoms with Crippen molar-refractivity contribution >= 4 is 5.78 Å². The summed E-state index contributed by atoms with van der Waals surface area (Å²) in [5.41, 5.74) is 2.47. The number of halogens is 2. The molecular weight excluding hydrogens is 234 g/mol. The minimum absolute atomic E-state index is 0.122. The topological polar surface area (TPSA) is 17.1 Å². The van der Waals surface area contributed by atoms with Gasteiger partial charge in [-0.05, 0) is 23.6 Å². The standard InChI is InChI=1S/C15H10F2O/c16-13-3-1-2-12(15(13)17)10-4-6-11-9(8-10)5-7-14(11)18/h1-4,6,8H,5,7H2. The zero-order valence-corrected chi connectivity index (χ0v) is 9.54.